The first-order valence-electron chi connectivity index (χ1n) is 9.33. The van der Waals surface area contributed by atoms with Crippen LogP contribution in [0.1, 0.15) is 5.56 Å². The van der Waals surface area contributed by atoms with E-state index >= 15 is 0 Å². The van der Waals surface area contributed by atoms with E-state index in [4.69, 9.17) is 4.74 Å². The lowest BCUT2D eigenvalue weighted by atomic mass is 10.2. The largest absolute Gasteiger partial charge is 0.483 e. The zero-order chi connectivity index (χ0) is 20.8. The molecule has 150 valence electrons. The summed E-state index contributed by atoms with van der Waals surface area (Å²) in [7, 11) is 0. The Bertz CT molecular complexity index is 1130. The summed E-state index contributed by atoms with van der Waals surface area (Å²) in [5.74, 6) is 1.84. The van der Waals surface area contributed by atoms with Crippen LogP contribution in [0.5, 0.6) is 5.75 Å². The molecule has 4 aromatic rings. The number of ether oxygens (including phenoxy) is 1. The maximum Gasteiger partial charge on any atom is 0.262 e. The molecular formula is C22H20N6O2. The van der Waals surface area contributed by atoms with Crippen molar-refractivity contribution < 1.29 is 9.53 Å². The number of anilines is 3. The van der Waals surface area contributed by atoms with Crippen LogP contribution in [0.2, 0.25) is 0 Å². The molecule has 4 rings (SSSR count). The standard InChI is InChI=1S/C22H20N6O2/c1-16-4-2-3-5-19(16)30-13-22(29)27-18-8-6-17(7-9-18)26-20-12-21(25-14-24-20)28-11-10-23-15-28/h2-12,14-15H,13H2,1H3,(H,27,29)(H,24,25,26). The van der Waals surface area contributed by atoms with E-state index in [0.29, 0.717) is 23.1 Å². The van der Waals surface area contributed by atoms with Crippen molar-refractivity contribution in [2.24, 2.45) is 0 Å². The molecule has 0 atom stereocenters. The fourth-order valence-corrected chi connectivity index (χ4v) is 2.79. The molecule has 2 aromatic carbocycles. The number of hydrogen-bond acceptors (Lipinski definition) is 6. The van der Waals surface area contributed by atoms with E-state index in [1.807, 2.05) is 67.7 Å². The number of nitrogens with one attached hydrogen (secondary N) is 2. The van der Waals surface area contributed by atoms with Crippen molar-refractivity contribution in [2.45, 2.75) is 6.92 Å². The van der Waals surface area contributed by atoms with E-state index in [-0.39, 0.29) is 12.5 Å². The van der Waals surface area contributed by atoms with Crippen molar-refractivity contribution >= 4 is 23.1 Å². The van der Waals surface area contributed by atoms with Crippen LogP contribution in [0.4, 0.5) is 17.2 Å². The third-order valence-corrected chi connectivity index (χ3v) is 4.32. The molecule has 2 N–H and O–H groups in total. The lowest BCUT2D eigenvalue weighted by Gasteiger charge is -2.10. The van der Waals surface area contributed by atoms with Crippen molar-refractivity contribution in [3.05, 3.63) is 85.2 Å². The number of benzene rings is 2. The van der Waals surface area contributed by atoms with Gasteiger partial charge in [-0.3, -0.25) is 9.36 Å². The Morgan fingerprint density at radius 3 is 2.63 bits per heavy atom. The second kappa shape index (κ2) is 8.87. The quantitative estimate of drug-likeness (QED) is 0.491. The molecule has 2 aromatic heterocycles. The minimum Gasteiger partial charge on any atom is -0.483 e. The van der Waals surface area contributed by atoms with Gasteiger partial charge in [0.1, 0.15) is 30.0 Å². The van der Waals surface area contributed by atoms with Crippen LogP contribution >= 0.6 is 0 Å². The van der Waals surface area contributed by atoms with Crippen LogP contribution in [0.3, 0.4) is 0 Å². The molecule has 0 aliphatic heterocycles. The fraction of sp³-hybridized carbons (Fsp3) is 0.0909. The Kier molecular flexibility index (Phi) is 5.66. The number of aryl methyl sites for hydroxylation is 1. The average Bonchev–Trinajstić information content (AvgIpc) is 3.30. The fourth-order valence-electron chi connectivity index (χ4n) is 2.79. The van der Waals surface area contributed by atoms with Crippen LogP contribution in [0.15, 0.2) is 79.6 Å². The number of imidazole rings is 1. The lowest BCUT2D eigenvalue weighted by Crippen LogP contribution is -2.20. The van der Waals surface area contributed by atoms with Crippen LogP contribution in [-0.2, 0) is 4.79 Å². The SMILES string of the molecule is Cc1ccccc1OCC(=O)Nc1ccc(Nc2cc(-n3ccnc3)ncn2)cc1. The van der Waals surface area contributed by atoms with Gasteiger partial charge in [0.05, 0.1) is 0 Å². The van der Waals surface area contributed by atoms with Crippen molar-refractivity contribution in [3.63, 3.8) is 0 Å². The number of para-hydroxylation sites is 1. The minimum absolute atomic E-state index is 0.0528. The van der Waals surface area contributed by atoms with Gasteiger partial charge in [-0.05, 0) is 42.8 Å². The Labute approximate surface area is 173 Å². The molecule has 30 heavy (non-hydrogen) atoms. The molecule has 2 heterocycles. The van der Waals surface area contributed by atoms with Crippen molar-refractivity contribution in [1.82, 2.24) is 19.5 Å². The van der Waals surface area contributed by atoms with Crippen LogP contribution < -0.4 is 15.4 Å². The summed E-state index contributed by atoms with van der Waals surface area (Å²) in [5.41, 5.74) is 2.50. The Morgan fingerprint density at radius 2 is 1.87 bits per heavy atom. The van der Waals surface area contributed by atoms with Crippen LogP contribution in [0, 0.1) is 6.92 Å². The summed E-state index contributed by atoms with van der Waals surface area (Å²) in [4.78, 5) is 24.6. The molecule has 0 bridgehead atoms. The third-order valence-electron chi connectivity index (χ3n) is 4.32. The number of carbonyl (C=O) groups excluding carboxylic acids is 1. The molecule has 8 nitrogen and oxygen atoms in total. The molecule has 0 radical (unpaired) electrons. The van der Waals surface area contributed by atoms with E-state index < -0.39 is 0 Å². The average molecular weight is 400 g/mol. The van der Waals surface area contributed by atoms with E-state index in [1.165, 1.54) is 6.33 Å². The van der Waals surface area contributed by atoms with Gasteiger partial charge >= 0.3 is 0 Å². The lowest BCUT2D eigenvalue weighted by molar-refractivity contribution is -0.118. The van der Waals surface area contributed by atoms with Gasteiger partial charge in [0, 0.05) is 29.8 Å². The predicted octanol–water partition coefficient (Wildman–Crippen LogP) is 3.73. The summed E-state index contributed by atoms with van der Waals surface area (Å²) >= 11 is 0. The minimum atomic E-state index is -0.222. The number of carbonyl (C=O) groups is 1. The Morgan fingerprint density at radius 1 is 1.07 bits per heavy atom. The summed E-state index contributed by atoms with van der Waals surface area (Å²) in [6.07, 6.45) is 6.66. The van der Waals surface area contributed by atoms with Gasteiger partial charge in [-0.15, -0.1) is 0 Å². The molecule has 0 aliphatic rings. The van der Waals surface area contributed by atoms with E-state index in [0.717, 1.165) is 11.3 Å². The maximum absolute atomic E-state index is 12.1. The van der Waals surface area contributed by atoms with Gasteiger partial charge in [-0.25, -0.2) is 15.0 Å². The van der Waals surface area contributed by atoms with Crippen molar-refractivity contribution in [1.29, 1.82) is 0 Å². The van der Waals surface area contributed by atoms with Gasteiger partial charge in [0.15, 0.2) is 6.61 Å². The summed E-state index contributed by atoms with van der Waals surface area (Å²) in [6, 6.07) is 16.7. The van der Waals surface area contributed by atoms with Crippen LogP contribution in [0.25, 0.3) is 5.82 Å². The number of aromatic nitrogens is 4. The second-order valence-corrected chi connectivity index (χ2v) is 6.54. The highest BCUT2D eigenvalue weighted by molar-refractivity contribution is 5.92. The summed E-state index contributed by atoms with van der Waals surface area (Å²) < 4.78 is 7.37. The molecule has 0 saturated carbocycles. The topological polar surface area (TPSA) is 94.0 Å². The zero-order valence-electron chi connectivity index (χ0n) is 16.3. The Hall–Kier alpha value is -4.20. The highest BCUT2D eigenvalue weighted by Gasteiger charge is 2.06. The highest BCUT2D eigenvalue weighted by atomic mass is 16.5. The highest BCUT2D eigenvalue weighted by Crippen LogP contribution is 2.19. The van der Waals surface area contributed by atoms with Gasteiger partial charge in [0.25, 0.3) is 5.91 Å². The number of hydrogen-bond donors (Lipinski definition) is 2. The first-order chi connectivity index (χ1) is 14.7. The third kappa shape index (κ3) is 4.79. The van der Waals surface area contributed by atoms with Crippen LogP contribution in [-0.4, -0.2) is 32.0 Å². The maximum atomic E-state index is 12.1. The van der Waals surface area contributed by atoms with Gasteiger partial charge in [-0.2, -0.15) is 0 Å². The smallest absolute Gasteiger partial charge is 0.262 e. The summed E-state index contributed by atoms with van der Waals surface area (Å²) in [5, 5.41) is 6.04. The first-order valence-corrected chi connectivity index (χ1v) is 9.33. The summed E-state index contributed by atoms with van der Waals surface area (Å²) in [6.45, 7) is 1.89. The van der Waals surface area contributed by atoms with Gasteiger partial charge in [-0.1, -0.05) is 18.2 Å². The zero-order valence-corrected chi connectivity index (χ0v) is 16.3. The molecular weight excluding hydrogens is 380 g/mol. The molecule has 0 spiro atoms. The number of amides is 1. The van der Waals surface area contributed by atoms with Gasteiger partial charge < -0.3 is 15.4 Å². The molecule has 0 fully saturated rings. The number of rotatable bonds is 7. The first kappa shape index (κ1) is 19.1. The van der Waals surface area contributed by atoms with E-state index in [9.17, 15) is 4.79 Å². The van der Waals surface area contributed by atoms with E-state index in [1.54, 1.807) is 17.1 Å². The Balaban J connectivity index is 1.33. The van der Waals surface area contributed by atoms with Crippen molar-refractivity contribution in [3.8, 4) is 11.6 Å². The second-order valence-electron chi connectivity index (χ2n) is 6.54. The molecule has 8 heteroatoms. The number of nitrogens with zero attached hydrogens (tertiary/aromatic N) is 4. The molecule has 1 amide bonds. The normalized spacial score (nSPS) is 10.4. The monoisotopic (exact) mass is 400 g/mol. The van der Waals surface area contributed by atoms with E-state index in [2.05, 4.69) is 25.6 Å². The molecule has 0 unspecified atom stereocenters. The molecule has 0 aliphatic carbocycles. The van der Waals surface area contributed by atoms with Gasteiger partial charge in [0.2, 0.25) is 0 Å². The molecule has 0 saturated heterocycles. The predicted molar refractivity (Wildman–Crippen MR) is 114 cm³/mol. The van der Waals surface area contributed by atoms with Crippen molar-refractivity contribution in [2.75, 3.05) is 17.2 Å².